The van der Waals surface area contributed by atoms with Crippen LogP contribution in [-0.2, 0) is 10.8 Å². The van der Waals surface area contributed by atoms with Crippen molar-refractivity contribution in [2.75, 3.05) is 5.32 Å². The number of non-ortho nitro benzene ring substituents is 1. The minimum atomic E-state index is -0.394. The summed E-state index contributed by atoms with van der Waals surface area (Å²) in [5.74, 6) is 0.869. The van der Waals surface area contributed by atoms with Crippen LogP contribution in [0, 0.1) is 10.1 Å². The maximum absolute atomic E-state index is 10.9. The maximum Gasteiger partial charge on any atom is 0.269 e. The van der Waals surface area contributed by atoms with Crippen LogP contribution in [0.5, 0.6) is 5.75 Å². The molecule has 0 radical (unpaired) electrons. The smallest absolute Gasteiger partial charge is 0.269 e. The number of anilines is 1. The lowest BCUT2D eigenvalue weighted by Gasteiger charge is -2.26. The fourth-order valence-electron chi connectivity index (χ4n) is 3.06. The third-order valence-corrected chi connectivity index (χ3v) is 4.69. The second-order valence-corrected chi connectivity index (χ2v) is 8.89. The lowest BCUT2D eigenvalue weighted by molar-refractivity contribution is -0.384. The molecule has 1 heterocycles. The van der Waals surface area contributed by atoms with Gasteiger partial charge in [0.05, 0.1) is 10.6 Å². The molecular formula is C21H26N2O3. The van der Waals surface area contributed by atoms with E-state index in [0.717, 1.165) is 22.6 Å². The van der Waals surface area contributed by atoms with Crippen molar-refractivity contribution in [1.29, 1.82) is 0 Å². The van der Waals surface area contributed by atoms with Crippen molar-refractivity contribution in [1.82, 2.24) is 0 Å². The molecule has 0 fully saturated rings. The van der Waals surface area contributed by atoms with Crippen LogP contribution >= 0.6 is 0 Å². The van der Waals surface area contributed by atoms with Gasteiger partial charge in [0.2, 0.25) is 0 Å². The van der Waals surface area contributed by atoms with Gasteiger partial charge < -0.3 is 10.1 Å². The molecule has 5 nitrogen and oxygen atoms in total. The van der Waals surface area contributed by atoms with E-state index < -0.39 is 4.92 Å². The Kier molecular flexibility index (Phi) is 4.21. The summed E-state index contributed by atoms with van der Waals surface area (Å²) in [7, 11) is 0. The highest BCUT2D eigenvalue weighted by Gasteiger charge is 2.32. The Morgan fingerprint density at radius 3 is 2.12 bits per heavy atom. The number of hydrogen-bond donors (Lipinski definition) is 1. The molecule has 26 heavy (non-hydrogen) atoms. The van der Waals surface area contributed by atoms with Gasteiger partial charge >= 0.3 is 0 Å². The molecule has 2 aromatic carbocycles. The van der Waals surface area contributed by atoms with Crippen molar-refractivity contribution in [3.63, 3.8) is 0 Å². The average Bonchev–Trinajstić information content (AvgIpc) is 2.96. The molecule has 1 aliphatic rings. The first-order chi connectivity index (χ1) is 12.0. The molecule has 0 amide bonds. The van der Waals surface area contributed by atoms with Crippen LogP contribution in [0.25, 0.3) is 0 Å². The molecule has 0 bridgehead atoms. The van der Waals surface area contributed by atoms with Crippen LogP contribution in [0.1, 0.15) is 64.5 Å². The molecule has 0 spiro atoms. The zero-order valence-corrected chi connectivity index (χ0v) is 16.2. The van der Waals surface area contributed by atoms with Crippen LogP contribution in [-0.4, -0.2) is 4.92 Å². The Bertz CT molecular complexity index is 843. The quantitative estimate of drug-likeness (QED) is 0.555. The summed E-state index contributed by atoms with van der Waals surface area (Å²) >= 11 is 0. The number of rotatable bonds is 2. The van der Waals surface area contributed by atoms with Gasteiger partial charge in [-0.2, -0.15) is 0 Å². The van der Waals surface area contributed by atoms with Crippen LogP contribution in [0.2, 0.25) is 0 Å². The van der Waals surface area contributed by atoms with E-state index in [2.05, 4.69) is 59.0 Å². The molecule has 0 aliphatic carbocycles. The van der Waals surface area contributed by atoms with Crippen molar-refractivity contribution in [3.8, 4) is 5.75 Å². The summed E-state index contributed by atoms with van der Waals surface area (Å²) < 4.78 is 6.24. The first kappa shape index (κ1) is 18.2. The highest BCUT2D eigenvalue weighted by atomic mass is 16.6. The van der Waals surface area contributed by atoms with E-state index in [1.165, 1.54) is 17.7 Å². The van der Waals surface area contributed by atoms with Gasteiger partial charge in [-0.05, 0) is 34.6 Å². The molecule has 1 atom stereocenters. The van der Waals surface area contributed by atoms with Crippen molar-refractivity contribution in [2.45, 2.75) is 58.6 Å². The summed E-state index contributed by atoms with van der Waals surface area (Å²) in [6, 6.07) is 10.9. The van der Waals surface area contributed by atoms with E-state index in [4.69, 9.17) is 4.74 Å². The fourth-order valence-corrected chi connectivity index (χ4v) is 3.06. The highest BCUT2D eigenvalue weighted by Crippen LogP contribution is 2.47. The first-order valence-electron chi connectivity index (χ1n) is 8.83. The second kappa shape index (κ2) is 6.01. The van der Waals surface area contributed by atoms with E-state index in [-0.39, 0.29) is 22.7 Å². The minimum absolute atomic E-state index is 0.0299. The summed E-state index contributed by atoms with van der Waals surface area (Å²) in [4.78, 5) is 10.5. The molecule has 0 saturated heterocycles. The largest absolute Gasteiger partial charge is 0.464 e. The zero-order chi connectivity index (χ0) is 19.3. The molecule has 0 unspecified atom stereocenters. The van der Waals surface area contributed by atoms with E-state index in [0.29, 0.717) is 0 Å². The number of nitro groups is 1. The minimum Gasteiger partial charge on any atom is -0.464 e. The van der Waals surface area contributed by atoms with Crippen LogP contribution < -0.4 is 10.1 Å². The van der Waals surface area contributed by atoms with E-state index in [9.17, 15) is 10.1 Å². The highest BCUT2D eigenvalue weighted by molar-refractivity contribution is 5.68. The molecule has 5 heteroatoms. The molecule has 1 aliphatic heterocycles. The molecule has 1 N–H and O–H groups in total. The number of fused-ring (bicyclic) bond motifs is 1. The van der Waals surface area contributed by atoms with Crippen LogP contribution in [0.15, 0.2) is 36.4 Å². The number of nitro benzene ring substituents is 1. The summed E-state index contributed by atoms with van der Waals surface area (Å²) in [5, 5.41) is 14.3. The second-order valence-electron chi connectivity index (χ2n) is 8.89. The van der Waals surface area contributed by atoms with E-state index >= 15 is 0 Å². The lowest BCUT2D eigenvalue weighted by Crippen LogP contribution is -2.17. The fraction of sp³-hybridized carbons (Fsp3) is 0.429. The Morgan fingerprint density at radius 1 is 1.00 bits per heavy atom. The number of hydrogen-bond acceptors (Lipinski definition) is 4. The third-order valence-electron chi connectivity index (χ3n) is 4.69. The van der Waals surface area contributed by atoms with Crippen molar-refractivity contribution in [3.05, 3.63) is 63.2 Å². The van der Waals surface area contributed by atoms with Gasteiger partial charge in [-0.1, -0.05) is 47.6 Å². The average molecular weight is 354 g/mol. The first-order valence-corrected chi connectivity index (χ1v) is 8.83. The van der Waals surface area contributed by atoms with E-state index in [1.807, 2.05) is 0 Å². The summed E-state index contributed by atoms with van der Waals surface area (Å²) in [5.41, 5.74) is 4.31. The van der Waals surface area contributed by atoms with Crippen molar-refractivity contribution < 1.29 is 9.66 Å². The van der Waals surface area contributed by atoms with Gasteiger partial charge in [0.25, 0.3) is 5.69 Å². The predicted molar refractivity (Wildman–Crippen MR) is 104 cm³/mol. The van der Waals surface area contributed by atoms with E-state index in [1.54, 1.807) is 12.1 Å². The molecule has 0 saturated carbocycles. The normalized spacial score (nSPS) is 16.6. The summed E-state index contributed by atoms with van der Waals surface area (Å²) in [6.07, 6.45) is -0.345. The van der Waals surface area contributed by atoms with Crippen LogP contribution in [0.4, 0.5) is 11.4 Å². The molecule has 2 aromatic rings. The summed E-state index contributed by atoms with van der Waals surface area (Å²) in [6.45, 7) is 13.1. The van der Waals surface area contributed by atoms with Crippen molar-refractivity contribution >= 4 is 11.4 Å². The SMILES string of the molecule is CC(C)(C)c1cc2c(c(C(C)(C)C)c1)O[C@H](c1ccc([N+](=O)[O-])cc1)N2. The van der Waals surface area contributed by atoms with Gasteiger partial charge in [0.1, 0.15) is 5.75 Å². The number of nitrogens with zero attached hydrogens (tertiary/aromatic N) is 1. The standard InChI is InChI=1S/C21H26N2O3/c1-20(2,3)14-11-16(21(4,5)6)18-17(12-14)22-19(26-18)13-7-9-15(10-8-13)23(24)25/h7-12,19,22H,1-6H3/t19-/m1/s1. The topological polar surface area (TPSA) is 64.4 Å². The monoisotopic (exact) mass is 354 g/mol. The molecular weight excluding hydrogens is 328 g/mol. The molecule has 3 rings (SSSR count). The lowest BCUT2D eigenvalue weighted by atomic mass is 9.80. The Labute approximate surface area is 154 Å². The number of ether oxygens (including phenoxy) is 1. The van der Waals surface area contributed by atoms with Gasteiger partial charge in [-0.3, -0.25) is 10.1 Å². The third kappa shape index (κ3) is 3.39. The predicted octanol–water partition coefficient (Wildman–Crippen LogP) is 5.69. The van der Waals surface area contributed by atoms with Gasteiger partial charge in [-0.25, -0.2) is 0 Å². The molecule has 0 aromatic heterocycles. The van der Waals surface area contributed by atoms with Crippen LogP contribution in [0.3, 0.4) is 0 Å². The zero-order valence-electron chi connectivity index (χ0n) is 16.2. The maximum atomic E-state index is 10.9. The Morgan fingerprint density at radius 2 is 1.62 bits per heavy atom. The molecule has 138 valence electrons. The van der Waals surface area contributed by atoms with Gasteiger partial charge in [0.15, 0.2) is 6.23 Å². The number of benzene rings is 2. The Hall–Kier alpha value is -2.56. The number of nitrogens with one attached hydrogen (secondary N) is 1. The van der Waals surface area contributed by atoms with Gasteiger partial charge in [-0.15, -0.1) is 0 Å². The Balaban J connectivity index is 2.00. The van der Waals surface area contributed by atoms with Gasteiger partial charge in [0, 0.05) is 23.3 Å². The van der Waals surface area contributed by atoms with Crippen molar-refractivity contribution in [2.24, 2.45) is 0 Å².